The summed E-state index contributed by atoms with van der Waals surface area (Å²) in [7, 11) is 1.69. The Labute approximate surface area is 79.1 Å². The predicted molar refractivity (Wildman–Crippen MR) is 51.4 cm³/mol. The minimum atomic E-state index is -0.490. The fraction of sp³-hybridized carbons (Fsp3) is 0.778. The molecule has 0 aliphatic heterocycles. The van der Waals surface area contributed by atoms with Gasteiger partial charge in [-0.05, 0) is 20.4 Å². The van der Waals surface area contributed by atoms with Crippen LogP contribution in [0.15, 0.2) is 0 Å². The molecule has 0 unspecified atom stereocenters. The summed E-state index contributed by atoms with van der Waals surface area (Å²) in [4.78, 5) is 22.5. The first-order valence-electron chi connectivity index (χ1n) is 4.66. The third-order valence-corrected chi connectivity index (χ3v) is 1.80. The number of hydrogen-bond acceptors (Lipinski definition) is 3. The number of Topliss-reactive ketones (excluding diaryl/α,β-unsaturated/α-hetero) is 1. The highest BCUT2D eigenvalue weighted by atomic mass is 16.2. The van der Waals surface area contributed by atoms with Crippen LogP contribution in [-0.4, -0.2) is 31.3 Å². The van der Waals surface area contributed by atoms with Crippen molar-refractivity contribution in [2.75, 3.05) is 13.6 Å². The fourth-order valence-corrected chi connectivity index (χ4v) is 1.10. The highest BCUT2D eigenvalue weighted by Gasteiger charge is 2.21. The molecule has 0 spiro atoms. The Hall–Kier alpha value is -0.900. The van der Waals surface area contributed by atoms with Gasteiger partial charge in [0, 0.05) is 6.54 Å². The Morgan fingerprint density at radius 1 is 1.31 bits per heavy atom. The van der Waals surface area contributed by atoms with Crippen molar-refractivity contribution in [1.82, 2.24) is 10.6 Å². The lowest BCUT2D eigenvalue weighted by Gasteiger charge is -2.12. The lowest BCUT2D eigenvalue weighted by atomic mass is 10.1. The maximum absolute atomic E-state index is 11.4. The minimum absolute atomic E-state index is 0.337. The second-order valence-electron chi connectivity index (χ2n) is 2.85. The largest absolute Gasteiger partial charge is 0.350 e. The summed E-state index contributed by atoms with van der Waals surface area (Å²) in [6.45, 7) is 4.27. The Kier molecular flexibility index (Phi) is 6.14. The van der Waals surface area contributed by atoms with Crippen molar-refractivity contribution < 1.29 is 9.59 Å². The number of ketones is 1. The highest BCUT2D eigenvalue weighted by Crippen LogP contribution is 1.97. The fourth-order valence-electron chi connectivity index (χ4n) is 1.10. The SMILES string of the molecule is CCC[C@H](NC)C(=O)C(=O)NCC. The molecule has 0 aromatic rings. The molecule has 0 rings (SSSR count). The molecule has 4 nitrogen and oxygen atoms in total. The normalized spacial score (nSPS) is 12.2. The van der Waals surface area contributed by atoms with Crippen LogP contribution in [0, 0.1) is 0 Å². The highest BCUT2D eigenvalue weighted by molar-refractivity contribution is 6.38. The first kappa shape index (κ1) is 12.1. The molecule has 0 aromatic carbocycles. The summed E-state index contributed by atoms with van der Waals surface area (Å²) >= 11 is 0. The summed E-state index contributed by atoms with van der Waals surface area (Å²) in [6.07, 6.45) is 1.59. The van der Waals surface area contributed by atoms with Crippen LogP contribution in [-0.2, 0) is 9.59 Å². The Bertz CT molecular complexity index is 180. The molecule has 0 saturated carbocycles. The number of rotatable bonds is 6. The van der Waals surface area contributed by atoms with E-state index < -0.39 is 5.91 Å². The second-order valence-corrected chi connectivity index (χ2v) is 2.85. The van der Waals surface area contributed by atoms with Gasteiger partial charge in [0.25, 0.3) is 5.91 Å². The maximum Gasteiger partial charge on any atom is 0.289 e. The van der Waals surface area contributed by atoms with E-state index >= 15 is 0 Å². The van der Waals surface area contributed by atoms with Crippen LogP contribution in [0.25, 0.3) is 0 Å². The molecule has 0 bridgehead atoms. The van der Waals surface area contributed by atoms with Crippen LogP contribution >= 0.6 is 0 Å². The molecule has 0 aliphatic rings. The zero-order chi connectivity index (χ0) is 10.3. The minimum Gasteiger partial charge on any atom is -0.350 e. The van der Waals surface area contributed by atoms with Gasteiger partial charge in [0.05, 0.1) is 6.04 Å². The number of carbonyl (C=O) groups excluding carboxylic acids is 2. The first-order valence-corrected chi connectivity index (χ1v) is 4.66. The van der Waals surface area contributed by atoms with Crippen molar-refractivity contribution >= 4 is 11.7 Å². The summed E-state index contributed by atoms with van der Waals surface area (Å²) in [6, 6.07) is -0.337. The summed E-state index contributed by atoms with van der Waals surface area (Å²) in [5.41, 5.74) is 0. The molecule has 0 heterocycles. The second kappa shape index (κ2) is 6.60. The predicted octanol–water partition coefficient (Wildman–Crippen LogP) is 0.0797. The summed E-state index contributed by atoms with van der Waals surface area (Å²) in [5.74, 6) is -0.860. The molecule has 0 radical (unpaired) electrons. The van der Waals surface area contributed by atoms with Crippen molar-refractivity contribution in [3.63, 3.8) is 0 Å². The van der Waals surface area contributed by atoms with Crippen LogP contribution in [0.2, 0.25) is 0 Å². The van der Waals surface area contributed by atoms with Crippen molar-refractivity contribution in [1.29, 1.82) is 0 Å². The lowest BCUT2D eigenvalue weighted by molar-refractivity contribution is -0.139. The molecule has 4 heteroatoms. The monoisotopic (exact) mass is 186 g/mol. The molecular weight excluding hydrogens is 168 g/mol. The zero-order valence-electron chi connectivity index (χ0n) is 8.52. The Morgan fingerprint density at radius 3 is 2.31 bits per heavy atom. The van der Waals surface area contributed by atoms with E-state index in [0.29, 0.717) is 13.0 Å². The number of hydrogen-bond donors (Lipinski definition) is 2. The van der Waals surface area contributed by atoms with Crippen molar-refractivity contribution in [3.05, 3.63) is 0 Å². The molecule has 0 fully saturated rings. The topological polar surface area (TPSA) is 58.2 Å². The van der Waals surface area contributed by atoms with E-state index in [1.807, 2.05) is 6.92 Å². The molecule has 0 saturated heterocycles. The van der Waals surface area contributed by atoms with E-state index in [4.69, 9.17) is 0 Å². The summed E-state index contributed by atoms with van der Waals surface area (Å²) in [5, 5.41) is 5.32. The van der Waals surface area contributed by atoms with Gasteiger partial charge in [-0.1, -0.05) is 13.3 Å². The van der Waals surface area contributed by atoms with E-state index in [1.165, 1.54) is 0 Å². The van der Waals surface area contributed by atoms with Gasteiger partial charge in [-0.2, -0.15) is 0 Å². The van der Waals surface area contributed by atoms with E-state index in [9.17, 15) is 9.59 Å². The lowest BCUT2D eigenvalue weighted by Crippen LogP contribution is -2.43. The van der Waals surface area contributed by atoms with Crippen molar-refractivity contribution in [2.24, 2.45) is 0 Å². The van der Waals surface area contributed by atoms with Gasteiger partial charge >= 0.3 is 0 Å². The molecule has 0 aromatic heterocycles. The van der Waals surface area contributed by atoms with Crippen LogP contribution in [0.4, 0.5) is 0 Å². The van der Waals surface area contributed by atoms with Gasteiger partial charge in [-0.15, -0.1) is 0 Å². The van der Waals surface area contributed by atoms with Gasteiger partial charge in [0.2, 0.25) is 5.78 Å². The van der Waals surface area contributed by atoms with E-state index in [0.717, 1.165) is 6.42 Å². The third-order valence-electron chi connectivity index (χ3n) is 1.80. The Balaban J connectivity index is 4.11. The quantitative estimate of drug-likeness (QED) is 0.578. The number of nitrogens with one attached hydrogen (secondary N) is 2. The molecule has 1 atom stereocenters. The Morgan fingerprint density at radius 2 is 1.92 bits per heavy atom. The van der Waals surface area contributed by atoms with Crippen LogP contribution in [0.1, 0.15) is 26.7 Å². The maximum atomic E-state index is 11.4. The smallest absolute Gasteiger partial charge is 0.289 e. The number of carbonyl (C=O) groups is 2. The molecule has 13 heavy (non-hydrogen) atoms. The molecule has 0 aliphatic carbocycles. The molecular formula is C9H18N2O2. The zero-order valence-corrected chi connectivity index (χ0v) is 8.52. The number of likely N-dealkylation sites (N-methyl/N-ethyl adjacent to an activating group) is 2. The standard InChI is InChI=1S/C9H18N2O2/c1-4-6-7(10-3)8(12)9(13)11-5-2/h7,10H,4-6H2,1-3H3,(H,11,13)/t7-/m0/s1. The first-order chi connectivity index (χ1) is 6.17. The average molecular weight is 186 g/mol. The van der Waals surface area contributed by atoms with Gasteiger partial charge < -0.3 is 10.6 Å². The van der Waals surface area contributed by atoms with E-state index in [1.54, 1.807) is 14.0 Å². The van der Waals surface area contributed by atoms with Gasteiger partial charge in [-0.25, -0.2) is 0 Å². The van der Waals surface area contributed by atoms with Crippen molar-refractivity contribution in [2.45, 2.75) is 32.7 Å². The number of amides is 1. The molecule has 2 N–H and O–H groups in total. The summed E-state index contributed by atoms with van der Waals surface area (Å²) < 4.78 is 0. The molecule has 1 amide bonds. The molecule has 76 valence electrons. The van der Waals surface area contributed by atoms with Crippen LogP contribution < -0.4 is 10.6 Å². The van der Waals surface area contributed by atoms with Crippen molar-refractivity contribution in [3.8, 4) is 0 Å². The van der Waals surface area contributed by atoms with Gasteiger partial charge in [-0.3, -0.25) is 9.59 Å². The average Bonchev–Trinajstić information content (AvgIpc) is 2.13. The van der Waals surface area contributed by atoms with E-state index in [-0.39, 0.29) is 11.8 Å². The van der Waals surface area contributed by atoms with E-state index in [2.05, 4.69) is 10.6 Å². The van der Waals surface area contributed by atoms with Gasteiger partial charge in [0.1, 0.15) is 0 Å². The third kappa shape index (κ3) is 4.03. The van der Waals surface area contributed by atoms with Gasteiger partial charge in [0.15, 0.2) is 0 Å². The van der Waals surface area contributed by atoms with Crippen LogP contribution in [0.5, 0.6) is 0 Å². The van der Waals surface area contributed by atoms with Crippen LogP contribution in [0.3, 0.4) is 0 Å².